The summed E-state index contributed by atoms with van der Waals surface area (Å²) in [5.41, 5.74) is 8.37. The van der Waals surface area contributed by atoms with Crippen molar-refractivity contribution in [3.8, 4) is 5.69 Å². The first-order valence-corrected chi connectivity index (χ1v) is 13.9. The summed E-state index contributed by atoms with van der Waals surface area (Å²) < 4.78 is 1.39. The number of nitrogen functional groups attached to an aromatic ring is 1. The second kappa shape index (κ2) is 15.4. The molecule has 0 unspecified atom stereocenters. The molecule has 0 bridgehead atoms. The first kappa shape index (κ1) is 31.9. The Bertz CT molecular complexity index is 1630. The first-order chi connectivity index (χ1) is 21.7. The van der Waals surface area contributed by atoms with Crippen LogP contribution in [0, 0.1) is 0 Å². The molecule has 7 N–H and O–H groups in total. The SMILES string of the molecule is Nc1ccc(-n2cc(C(=O)N[C@@H](Cc3ccccc3)C(=O)NCC(=O)N[C@@H](Cc3ccccc3)C(=O)NCC(=O)O)nn2)cc1. The highest BCUT2D eigenvalue weighted by atomic mass is 16.4. The Labute approximate surface area is 258 Å². The van der Waals surface area contributed by atoms with Crippen LogP contribution >= 0.6 is 0 Å². The van der Waals surface area contributed by atoms with Crippen LogP contribution in [0.4, 0.5) is 5.69 Å². The number of nitrogens with one attached hydrogen (secondary N) is 4. The van der Waals surface area contributed by atoms with E-state index in [0.29, 0.717) is 11.4 Å². The summed E-state index contributed by atoms with van der Waals surface area (Å²) in [6.45, 7) is -1.13. The molecule has 0 saturated heterocycles. The minimum atomic E-state index is -1.24. The lowest BCUT2D eigenvalue weighted by Gasteiger charge is -2.20. The number of carboxylic acids is 1. The van der Waals surface area contributed by atoms with Crippen molar-refractivity contribution in [3.05, 3.63) is 108 Å². The summed E-state index contributed by atoms with van der Waals surface area (Å²) in [7, 11) is 0. The van der Waals surface area contributed by atoms with E-state index in [9.17, 15) is 24.0 Å². The molecule has 0 fully saturated rings. The lowest BCUT2D eigenvalue weighted by Crippen LogP contribution is -2.53. The van der Waals surface area contributed by atoms with Crippen LogP contribution in [0.2, 0.25) is 0 Å². The van der Waals surface area contributed by atoms with Crippen molar-refractivity contribution in [1.82, 2.24) is 36.3 Å². The van der Waals surface area contributed by atoms with Gasteiger partial charge in [-0.25, -0.2) is 4.68 Å². The third-order valence-corrected chi connectivity index (χ3v) is 6.56. The van der Waals surface area contributed by atoms with Crippen LogP contribution in [-0.2, 0) is 32.0 Å². The zero-order chi connectivity index (χ0) is 32.2. The number of nitrogens with two attached hydrogens (primary N) is 1. The second-order valence-corrected chi connectivity index (χ2v) is 9.99. The monoisotopic (exact) mass is 612 g/mol. The maximum atomic E-state index is 13.3. The molecule has 0 spiro atoms. The van der Waals surface area contributed by atoms with Crippen molar-refractivity contribution < 1.29 is 29.1 Å². The van der Waals surface area contributed by atoms with Gasteiger partial charge < -0.3 is 32.1 Å². The Morgan fingerprint density at radius 2 is 1.27 bits per heavy atom. The smallest absolute Gasteiger partial charge is 0.322 e. The maximum absolute atomic E-state index is 13.3. The summed E-state index contributed by atoms with van der Waals surface area (Å²) in [5.74, 6) is -3.92. The number of anilines is 1. The number of amides is 4. The molecule has 4 amide bonds. The van der Waals surface area contributed by atoms with Gasteiger partial charge >= 0.3 is 5.97 Å². The average molecular weight is 613 g/mol. The number of carboxylic acid groups (broad SMARTS) is 1. The van der Waals surface area contributed by atoms with Crippen molar-refractivity contribution in [3.63, 3.8) is 0 Å². The van der Waals surface area contributed by atoms with Crippen molar-refractivity contribution in [1.29, 1.82) is 0 Å². The normalized spacial score (nSPS) is 11.9. The highest BCUT2D eigenvalue weighted by Gasteiger charge is 2.26. The van der Waals surface area contributed by atoms with Crippen molar-refractivity contribution in [2.24, 2.45) is 0 Å². The van der Waals surface area contributed by atoms with Crippen LogP contribution in [0.1, 0.15) is 21.6 Å². The predicted molar refractivity (Wildman–Crippen MR) is 163 cm³/mol. The molecule has 3 aromatic carbocycles. The lowest BCUT2D eigenvalue weighted by molar-refractivity contribution is -0.138. The molecule has 0 aliphatic rings. The molecule has 1 heterocycles. The quantitative estimate of drug-likeness (QED) is 0.108. The molecule has 232 valence electrons. The molecular weight excluding hydrogens is 580 g/mol. The Morgan fingerprint density at radius 1 is 0.733 bits per heavy atom. The van der Waals surface area contributed by atoms with E-state index in [-0.39, 0.29) is 18.5 Å². The van der Waals surface area contributed by atoms with Crippen molar-refractivity contribution in [2.75, 3.05) is 18.8 Å². The minimum Gasteiger partial charge on any atom is -0.480 e. The van der Waals surface area contributed by atoms with Crippen LogP contribution < -0.4 is 27.0 Å². The molecular formula is C31H32N8O6. The predicted octanol–water partition coefficient (Wildman–Crippen LogP) is 0.235. The molecule has 2 atom stereocenters. The van der Waals surface area contributed by atoms with Crippen LogP contribution in [0.25, 0.3) is 5.69 Å². The molecule has 45 heavy (non-hydrogen) atoms. The standard InChI is InChI=1S/C31H32N8O6/c32-22-11-13-23(14-12-22)39-19-26(37-38-39)31(45)36-25(16-21-9-5-2-6-10-21)30(44)33-17-27(40)35-24(29(43)34-18-28(41)42)15-20-7-3-1-4-8-20/h1-14,19,24-25H,15-18,32H2,(H,33,44)(H,34,43)(H,35,40)(H,36,45)(H,41,42)/t24-,25-/m0/s1. The molecule has 0 aliphatic carbocycles. The van der Waals surface area contributed by atoms with Gasteiger partial charge in [-0.1, -0.05) is 65.9 Å². The van der Waals surface area contributed by atoms with E-state index in [4.69, 9.17) is 10.8 Å². The maximum Gasteiger partial charge on any atom is 0.322 e. The van der Waals surface area contributed by atoms with Gasteiger partial charge in [0.15, 0.2) is 5.69 Å². The fraction of sp³-hybridized carbons (Fsp3) is 0.194. The zero-order valence-electron chi connectivity index (χ0n) is 24.1. The average Bonchev–Trinajstić information content (AvgIpc) is 3.54. The van der Waals surface area contributed by atoms with E-state index in [1.807, 2.05) is 6.07 Å². The topological polar surface area (TPSA) is 210 Å². The summed E-state index contributed by atoms with van der Waals surface area (Å²) >= 11 is 0. The number of benzene rings is 3. The number of hydrogen-bond acceptors (Lipinski definition) is 8. The Hall–Kier alpha value is -6.05. The van der Waals surface area contributed by atoms with E-state index in [1.165, 1.54) is 10.9 Å². The number of nitrogens with zero attached hydrogens (tertiary/aromatic N) is 3. The number of hydrogen-bond donors (Lipinski definition) is 6. The summed E-state index contributed by atoms with van der Waals surface area (Å²) in [4.78, 5) is 62.8. The van der Waals surface area contributed by atoms with Crippen LogP contribution in [0.5, 0.6) is 0 Å². The van der Waals surface area contributed by atoms with Gasteiger partial charge in [0.2, 0.25) is 17.7 Å². The molecule has 14 heteroatoms. The zero-order valence-corrected chi connectivity index (χ0v) is 24.1. The highest BCUT2D eigenvalue weighted by Crippen LogP contribution is 2.11. The van der Waals surface area contributed by atoms with Gasteiger partial charge in [-0.05, 0) is 35.4 Å². The lowest BCUT2D eigenvalue weighted by atomic mass is 10.0. The van der Waals surface area contributed by atoms with Crippen molar-refractivity contribution >= 4 is 35.3 Å². The van der Waals surface area contributed by atoms with E-state index >= 15 is 0 Å². The fourth-order valence-electron chi connectivity index (χ4n) is 4.29. The number of aliphatic carboxylic acids is 1. The fourth-order valence-corrected chi connectivity index (χ4v) is 4.29. The van der Waals surface area contributed by atoms with Gasteiger partial charge in [0.1, 0.15) is 18.6 Å². The Morgan fingerprint density at radius 3 is 1.82 bits per heavy atom. The number of rotatable bonds is 14. The molecule has 1 aromatic heterocycles. The third kappa shape index (κ3) is 9.74. The molecule has 4 aromatic rings. The van der Waals surface area contributed by atoms with Gasteiger partial charge in [-0.15, -0.1) is 5.10 Å². The van der Waals surface area contributed by atoms with Gasteiger partial charge in [-0.2, -0.15) is 0 Å². The molecule has 0 saturated carbocycles. The Kier molecular flexibility index (Phi) is 10.9. The minimum absolute atomic E-state index is 0.0356. The second-order valence-electron chi connectivity index (χ2n) is 9.99. The number of carbonyl (C=O) groups excluding carboxylic acids is 4. The van der Waals surface area contributed by atoms with Crippen molar-refractivity contribution in [2.45, 2.75) is 24.9 Å². The molecule has 0 radical (unpaired) electrons. The largest absolute Gasteiger partial charge is 0.480 e. The van der Waals surface area contributed by atoms with Gasteiger partial charge in [-0.3, -0.25) is 24.0 Å². The van der Waals surface area contributed by atoms with E-state index in [1.54, 1.807) is 78.9 Å². The number of carbonyl (C=O) groups is 5. The number of aromatic nitrogens is 3. The van der Waals surface area contributed by atoms with Crippen LogP contribution in [-0.4, -0.2) is 74.9 Å². The third-order valence-electron chi connectivity index (χ3n) is 6.56. The summed E-state index contributed by atoms with van der Waals surface area (Å²) in [5, 5.41) is 26.8. The Balaban J connectivity index is 1.41. The van der Waals surface area contributed by atoms with Gasteiger partial charge in [0.25, 0.3) is 5.91 Å². The van der Waals surface area contributed by atoms with Crippen LogP contribution in [0.3, 0.4) is 0 Å². The van der Waals surface area contributed by atoms with E-state index in [2.05, 4.69) is 31.6 Å². The van der Waals surface area contributed by atoms with E-state index < -0.39 is 54.8 Å². The first-order valence-electron chi connectivity index (χ1n) is 13.9. The molecule has 0 aliphatic heterocycles. The van der Waals surface area contributed by atoms with Crippen LogP contribution in [0.15, 0.2) is 91.1 Å². The van der Waals surface area contributed by atoms with Gasteiger partial charge in [0.05, 0.1) is 18.4 Å². The molecule has 4 rings (SSSR count). The summed E-state index contributed by atoms with van der Waals surface area (Å²) in [6, 6.07) is 22.4. The molecule has 14 nitrogen and oxygen atoms in total. The van der Waals surface area contributed by atoms with E-state index in [0.717, 1.165) is 11.1 Å². The highest BCUT2D eigenvalue weighted by molar-refractivity contribution is 5.97. The summed E-state index contributed by atoms with van der Waals surface area (Å²) in [6.07, 6.45) is 1.62. The van der Waals surface area contributed by atoms with Gasteiger partial charge in [0, 0.05) is 18.5 Å².